The van der Waals surface area contributed by atoms with E-state index in [4.69, 9.17) is 14.2 Å². The Morgan fingerprint density at radius 2 is 1.61 bits per heavy atom. The molecule has 0 unspecified atom stereocenters. The number of anilines is 1. The van der Waals surface area contributed by atoms with E-state index in [1.807, 2.05) is 0 Å². The number of benzene rings is 3. The summed E-state index contributed by atoms with van der Waals surface area (Å²) in [6.45, 7) is -0.630. The van der Waals surface area contributed by atoms with E-state index in [1.165, 1.54) is 57.9 Å². The van der Waals surface area contributed by atoms with Crippen LogP contribution in [0, 0.1) is 5.82 Å². The molecule has 3 aromatic rings. The van der Waals surface area contributed by atoms with Gasteiger partial charge < -0.3 is 14.2 Å². The third kappa shape index (κ3) is 6.32. The highest BCUT2D eigenvalue weighted by molar-refractivity contribution is 9.10. The number of amides is 1. The van der Waals surface area contributed by atoms with E-state index in [0.29, 0.717) is 17.1 Å². The van der Waals surface area contributed by atoms with Gasteiger partial charge in [0, 0.05) is 16.1 Å². The fourth-order valence-electron chi connectivity index (χ4n) is 3.17. The molecule has 9 nitrogen and oxygen atoms in total. The number of rotatable bonds is 10. The van der Waals surface area contributed by atoms with E-state index < -0.39 is 28.3 Å². The number of hydrazone groups is 1. The normalized spacial score (nSPS) is 11.2. The van der Waals surface area contributed by atoms with Crippen molar-refractivity contribution in [3.63, 3.8) is 0 Å². The van der Waals surface area contributed by atoms with Gasteiger partial charge in [0.05, 0.1) is 38.1 Å². The number of hydrogen-bond donors (Lipinski definition) is 1. The molecule has 0 aliphatic heterocycles. The Hall–Kier alpha value is -3.64. The van der Waals surface area contributed by atoms with E-state index in [1.54, 1.807) is 18.2 Å². The van der Waals surface area contributed by atoms with Gasteiger partial charge in [0.1, 0.15) is 18.1 Å². The molecular formula is C24H23BrFN3O6S. The van der Waals surface area contributed by atoms with Crippen molar-refractivity contribution in [1.82, 2.24) is 5.43 Å². The highest BCUT2D eigenvalue weighted by Crippen LogP contribution is 2.32. The lowest BCUT2D eigenvalue weighted by molar-refractivity contribution is -0.119. The number of ether oxygens (including phenoxy) is 3. The number of methoxy groups -OCH3 is 3. The zero-order chi connectivity index (χ0) is 26.3. The molecule has 0 atom stereocenters. The Balaban J connectivity index is 1.90. The molecule has 3 aromatic carbocycles. The van der Waals surface area contributed by atoms with Crippen molar-refractivity contribution in [1.29, 1.82) is 0 Å². The van der Waals surface area contributed by atoms with Gasteiger partial charge >= 0.3 is 0 Å². The van der Waals surface area contributed by atoms with Crippen LogP contribution in [0.15, 0.2) is 75.1 Å². The largest absolute Gasteiger partial charge is 0.496 e. The Morgan fingerprint density at radius 1 is 0.972 bits per heavy atom. The number of nitrogens with one attached hydrogen (secondary N) is 1. The minimum Gasteiger partial charge on any atom is -0.496 e. The Morgan fingerprint density at radius 3 is 2.25 bits per heavy atom. The van der Waals surface area contributed by atoms with Crippen molar-refractivity contribution < 1.29 is 31.8 Å². The van der Waals surface area contributed by atoms with E-state index in [2.05, 4.69) is 26.5 Å². The fourth-order valence-corrected chi connectivity index (χ4v) is 4.99. The Kier molecular flexibility index (Phi) is 8.88. The van der Waals surface area contributed by atoms with Gasteiger partial charge in [-0.1, -0.05) is 15.9 Å². The summed E-state index contributed by atoms with van der Waals surface area (Å²) in [4.78, 5) is 12.6. The van der Waals surface area contributed by atoms with Crippen molar-refractivity contribution in [3.8, 4) is 17.2 Å². The quantitative estimate of drug-likeness (QED) is 0.288. The van der Waals surface area contributed by atoms with Crippen LogP contribution in [0.25, 0.3) is 0 Å². The number of halogens is 2. The number of nitrogens with zero attached hydrogens (tertiary/aromatic N) is 2. The average Bonchev–Trinajstić information content (AvgIpc) is 2.87. The SMILES string of the molecule is COc1ccc(Br)cc1/C=N\NC(=O)CN(c1ccc(F)cc1)S(=O)(=O)c1ccc(OC)c(OC)c1. The number of sulfonamides is 1. The highest BCUT2D eigenvalue weighted by atomic mass is 79.9. The van der Waals surface area contributed by atoms with Crippen molar-refractivity contribution in [2.24, 2.45) is 5.10 Å². The smallest absolute Gasteiger partial charge is 0.264 e. The first-order valence-electron chi connectivity index (χ1n) is 10.4. The highest BCUT2D eigenvalue weighted by Gasteiger charge is 2.28. The summed E-state index contributed by atoms with van der Waals surface area (Å²) in [6.07, 6.45) is 1.37. The molecule has 1 N–H and O–H groups in total. The molecule has 3 rings (SSSR count). The van der Waals surface area contributed by atoms with Gasteiger partial charge in [-0.25, -0.2) is 18.2 Å². The molecule has 1 amide bonds. The molecule has 0 heterocycles. The molecule has 36 heavy (non-hydrogen) atoms. The molecule has 0 saturated heterocycles. The van der Waals surface area contributed by atoms with Crippen LogP contribution in [0.2, 0.25) is 0 Å². The van der Waals surface area contributed by atoms with Gasteiger partial charge in [0.2, 0.25) is 0 Å². The molecule has 0 saturated carbocycles. The van der Waals surface area contributed by atoms with Crippen LogP contribution in [0.4, 0.5) is 10.1 Å². The topological polar surface area (TPSA) is 107 Å². The Labute approximate surface area is 216 Å². The average molecular weight is 580 g/mol. The molecule has 12 heteroatoms. The van der Waals surface area contributed by atoms with E-state index >= 15 is 0 Å². The molecule has 190 valence electrons. The lowest BCUT2D eigenvalue weighted by Crippen LogP contribution is -2.39. The summed E-state index contributed by atoms with van der Waals surface area (Å²) in [5.74, 6) is -0.234. The minimum atomic E-state index is -4.28. The molecule has 0 aliphatic rings. The Bertz CT molecular complexity index is 1370. The molecule has 0 spiro atoms. The van der Waals surface area contributed by atoms with Crippen LogP contribution in [0.1, 0.15) is 5.56 Å². The molecule has 0 aromatic heterocycles. The maximum atomic E-state index is 13.5. The zero-order valence-electron chi connectivity index (χ0n) is 19.6. The zero-order valence-corrected chi connectivity index (χ0v) is 22.0. The van der Waals surface area contributed by atoms with E-state index in [-0.39, 0.29) is 16.3 Å². The van der Waals surface area contributed by atoms with Crippen molar-refractivity contribution in [3.05, 3.63) is 76.5 Å². The molecule has 0 radical (unpaired) electrons. The standard InChI is InChI=1S/C24H23BrFN3O6S/c1-33-21-10-4-17(25)12-16(21)14-27-28-24(30)15-29(19-7-5-18(26)6-8-19)36(31,32)20-9-11-22(34-2)23(13-20)35-3/h4-14H,15H2,1-3H3,(H,28,30)/b27-14-. The molecule has 0 bridgehead atoms. The first kappa shape index (κ1) is 27.0. The predicted molar refractivity (Wildman–Crippen MR) is 137 cm³/mol. The monoisotopic (exact) mass is 579 g/mol. The van der Waals surface area contributed by atoms with Crippen LogP contribution < -0.4 is 23.9 Å². The van der Waals surface area contributed by atoms with Crippen molar-refractivity contribution in [2.75, 3.05) is 32.2 Å². The summed E-state index contributed by atoms with van der Waals surface area (Å²) in [5, 5.41) is 3.91. The summed E-state index contributed by atoms with van der Waals surface area (Å²) >= 11 is 3.35. The number of carbonyl (C=O) groups is 1. The third-order valence-corrected chi connectivity index (χ3v) is 7.19. The maximum Gasteiger partial charge on any atom is 0.264 e. The van der Waals surface area contributed by atoms with Crippen molar-refractivity contribution >= 4 is 43.8 Å². The minimum absolute atomic E-state index is 0.0824. The lowest BCUT2D eigenvalue weighted by atomic mass is 10.2. The maximum absolute atomic E-state index is 13.5. The molecule has 0 aliphatic carbocycles. The van der Waals surface area contributed by atoms with E-state index in [0.717, 1.165) is 20.9 Å². The molecule has 0 fully saturated rings. The first-order valence-corrected chi connectivity index (χ1v) is 12.6. The fraction of sp³-hybridized carbons (Fsp3) is 0.167. The van der Waals surface area contributed by atoms with Crippen LogP contribution in [-0.4, -0.2) is 48.4 Å². The molecular weight excluding hydrogens is 557 g/mol. The number of carbonyl (C=O) groups excluding carboxylic acids is 1. The first-order chi connectivity index (χ1) is 17.2. The van der Waals surface area contributed by atoms with Gasteiger partial charge in [-0.15, -0.1) is 0 Å². The third-order valence-electron chi connectivity index (χ3n) is 4.93. The second kappa shape index (κ2) is 11.9. The predicted octanol–water partition coefficient (Wildman–Crippen LogP) is 3.96. The van der Waals surface area contributed by atoms with E-state index in [9.17, 15) is 17.6 Å². The van der Waals surface area contributed by atoms with Crippen LogP contribution >= 0.6 is 15.9 Å². The summed E-state index contributed by atoms with van der Waals surface area (Å²) in [5.41, 5.74) is 2.98. The second-order valence-electron chi connectivity index (χ2n) is 7.18. The van der Waals surface area contributed by atoms with Crippen LogP contribution in [0.5, 0.6) is 17.2 Å². The summed E-state index contributed by atoms with van der Waals surface area (Å²) in [7, 11) is 0.0169. The van der Waals surface area contributed by atoms with Gasteiger partial charge in [0.25, 0.3) is 15.9 Å². The van der Waals surface area contributed by atoms with Crippen molar-refractivity contribution in [2.45, 2.75) is 4.90 Å². The van der Waals surface area contributed by atoms with Gasteiger partial charge in [-0.3, -0.25) is 9.10 Å². The van der Waals surface area contributed by atoms with Crippen LogP contribution in [-0.2, 0) is 14.8 Å². The van der Waals surface area contributed by atoms with Gasteiger partial charge in [-0.2, -0.15) is 5.10 Å². The lowest BCUT2D eigenvalue weighted by Gasteiger charge is -2.24. The summed E-state index contributed by atoms with van der Waals surface area (Å²) < 4.78 is 57.8. The summed E-state index contributed by atoms with van der Waals surface area (Å²) in [6, 6.07) is 14.0. The number of hydrogen-bond acceptors (Lipinski definition) is 7. The van der Waals surface area contributed by atoms with Gasteiger partial charge in [0.15, 0.2) is 11.5 Å². The second-order valence-corrected chi connectivity index (χ2v) is 9.96. The van der Waals surface area contributed by atoms with Gasteiger partial charge in [-0.05, 0) is 54.6 Å². The van der Waals surface area contributed by atoms with Crippen LogP contribution in [0.3, 0.4) is 0 Å².